The van der Waals surface area contributed by atoms with Crippen LogP contribution in [0.15, 0.2) is 59.9 Å². The van der Waals surface area contributed by atoms with Crippen LogP contribution in [0.1, 0.15) is 5.69 Å². The molecule has 0 saturated carbocycles. The monoisotopic (exact) mass is 366 g/mol. The molecular weight excluding hydrogens is 343 g/mol. The fraction of sp³-hybridized carbons (Fsp3) is 0.300. The summed E-state index contributed by atoms with van der Waals surface area (Å²) in [5.41, 5.74) is 9.17. The van der Waals surface area contributed by atoms with Crippen molar-refractivity contribution in [2.75, 3.05) is 37.6 Å². The average Bonchev–Trinajstić information content (AvgIpc) is 3.11. The standard InChI is InChI=1S/C20H23FN6/c21-16-4-6-18(7-5-16)25-11-13-26(14-12-25)20(22)23-9-8-17-15-27-10-2-1-3-19(27)24-17/h1-7,10,15H,8-9,11-14H2,(H2,22,23). The van der Waals surface area contributed by atoms with Crippen molar-refractivity contribution in [1.82, 2.24) is 14.3 Å². The number of hydrogen-bond acceptors (Lipinski definition) is 3. The zero-order valence-corrected chi connectivity index (χ0v) is 15.1. The minimum atomic E-state index is -0.209. The van der Waals surface area contributed by atoms with Gasteiger partial charge in [-0.25, -0.2) is 9.37 Å². The van der Waals surface area contributed by atoms with Gasteiger partial charge in [0.15, 0.2) is 5.96 Å². The van der Waals surface area contributed by atoms with Gasteiger partial charge in [0, 0.05) is 57.2 Å². The highest BCUT2D eigenvalue weighted by Crippen LogP contribution is 2.16. The summed E-state index contributed by atoms with van der Waals surface area (Å²) >= 11 is 0. The van der Waals surface area contributed by atoms with Gasteiger partial charge in [-0.1, -0.05) is 6.07 Å². The van der Waals surface area contributed by atoms with Crippen LogP contribution in [0, 0.1) is 5.82 Å². The Morgan fingerprint density at radius 1 is 1.07 bits per heavy atom. The second-order valence-corrected chi connectivity index (χ2v) is 6.64. The molecule has 1 aliphatic heterocycles. The highest BCUT2D eigenvalue weighted by molar-refractivity contribution is 5.78. The maximum atomic E-state index is 13.1. The lowest BCUT2D eigenvalue weighted by Crippen LogP contribution is -2.51. The Morgan fingerprint density at radius 2 is 1.85 bits per heavy atom. The van der Waals surface area contributed by atoms with E-state index in [0.717, 1.165) is 49.6 Å². The molecular formula is C20H23FN6. The summed E-state index contributed by atoms with van der Waals surface area (Å²) in [5, 5.41) is 0. The molecule has 0 amide bonds. The number of hydrogen-bond donors (Lipinski definition) is 1. The Kier molecular flexibility index (Phi) is 4.91. The first kappa shape index (κ1) is 17.3. The van der Waals surface area contributed by atoms with Gasteiger partial charge in [-0.3, -0.25) is 4.99 Å². The van der Waals surface area contributed by atoms with E-state index in [1.54, 1.807) is 0 Å². The van der Waals surface area contributed by atoms with Crippen LogP contribution in [0.5, 0.6) is 0 Å². The van der Waals surface area contributed by atoms with Gasteiger partial charge in [-0.2, -0.15) is 0 Å². The van der Waals surface area contributed by atoms with Crippen LogP contribution in [-0.2, 0) is 6.42 Å². The van der Waals surface area contributed by atoms with Gasteiger partial charge in [-0.15, -0.1) is 0 Å². The molecule has 1 aliphatic rings. The number of guanidine groups is 1. The molecule has 140 valence electrons. The van der Waals surface area contributed by atoms with Crippen LogP contribution in [0.2, 0.25) is 0 Å². The number of aromatic nitrogens is 2. The number of anilines is 1. The normalized spacial score (nSPS) is 15.5. The largest absolute Gasteiger partial charge is 0.370 e. The average molecular weight is 366 g/mol. The van der Waals surface area contributed by atoms with E-state index >= 15 is 0 Å². The van der Waals surface area contributed by atoms with Crippen molar-refractivity contribution in [2.24, 2.45) is 10.7 Å². The van der Waals surface area contributed by atoms with Gasteiger partial charge in [0.1, 0.15) is 11.5 Å². The molecule has 0 unspecified atom stereocenters. The number of piperazine rings is 1. The first-order valence-electron chi connectivity index (χ1n) is 9.17. The van der Waals surface area contributed by atoms with E-state index < -0.39 is 0 Å². The third kappa shape index (κ3) is 4.02. The predicted octanol–water partition coefficient (Wildman–Crippen LogP) is 2.15. The van der Waals surface area contributed by atoms with E-state index in [9.17, 15) is 4.39 Å². The third-order valence-corrected chi connectivity index (χ3v) is 4.85. The van der Waals surface area contributed by atoms with Crippen molar-refractivity contribution in [3.8, 4) is 0 Å². The van der Waals surface area contributed by atoms with Crippen LogP contribution in [0.3, 0.4) is 0 Å². The smallest absolute Gasteiger partial charge is 0.191 e. The maximum Gasteiger partial charge on any atom is 0.191 e. The van der Waals surface area contributed by atoms with E-state index in [-0.39, 0.29) is 5.82 Å². The number of pyridine rings is 1. The lowest BCUT2D eigenvalue weighted by Gasteiger charge is -2.36. The molecule has 27 heavy (non-hydrogen) atoms. The number of halogens is 1. The number of fused-ring (bicyclic) bond motifs is 1. The topological polar surface area (TPSA) is 62.2 Å². The van der Waals surface area contributed by atoms with E-state index in [2.05, 4.69) is 19.8 Å². The van der Waals surface area contributed by atoms with Crippen LogP contribution in [0.4, 0.5) is 10.1 Å². The van der Waals surface area contributed by atoms with Gasteiger partial charge >= 0.3 is 0 Å². The van der Waals surface area contributed by atoms with Gasteiger partial charge in [0.25, 0.3) is 0 Å². The van der Waals surface area contributed by atoms with Gasteiger partial charge < -0.3 is 19.9 Å². The summed E-state index contributed by atoms with van der Waals surface area (Å²) in [4.78, 5) is 13.4. The van der Waals surface area contributed by atoms with E-state index in [0.29, 0.717) is 12.5 Å². The van der Waals surface area contributed by atoms with E-state index in [1.807, 2.05) is 47.1 Å². The molecule has 2 aromatic heterocycles. The van der Waals surface area contributed by atoms with Crippen molar-refractivity contribution in [1.29, 1.82) is 0 Å². The predicted molar refractivity (Wildman–Crippen MR) is 106 cm³/mol. The fourth-order valence-electron chi connectivity index (χ4n) is 3.34. The molecule has 0 aliphatic carbocycles. The van der Waals surface area contributed by atoms with Gasteiger partial charge in [0.2, 0.25) is 0 Å². The summed E-state index contributed by atoms with van der Waals surface area (Å²) in [7, 11) is 0. The summed E-state index contributed by atoms with van der Waals surface area (Å²) < 4.78 is 15.1. The molecule has 1 fully saturated rings. The first-order valence-corrected chi connectivity index (χ1v) is 9.17. The highest BCUT2D eigenvalue weighted by Gasteiger charge is 2.18. The summed E-state index contributed by atoms with van der Waals surface area (Å²) in [6.45, 7) is 3.92. The fourth-order valence-corrected chi connectivity index (χ4v) is 3.34. The Morgan fingerprint density at radius 3 is 2.59 bits per heavy atom. The molecule has 0 spiro atoms. The van der Waals surface area contributed by atoms with Gasteiger partial charge in [-0.05, 0) is 36.4 Å². The number of nitrogens with zero attached hydrogens (tertiary/aromatic N) is 5. The van der Waals surface area contributed by atoms with Crippen LogP contribution >= 0.6 is 0 Å². The summed E-state index contributed by atoms with van der Waals surface area (Å²) in [5.74, 6) is 0.372. The second kappa shape index (κ2) is 7.65. The van der Waals surface area contributed by atoms with Gasteiger partial charge in [0.05, 0.1) is 5.69 Å². The lowest BCUT2D eigenvalue weighted by molar-refractivity contribution is 0.381. The van der Waals surface area contributed by atoms with Crippen LogP contribution < -0.4 is 10.6 Å². The van der Waals surface area contributed by atoms with Crippen molar-refractivity contribution in [3.63, 3.8) is 0 Å². The quantitative estimate of drug-likeness (QED) is 0.568. The number of aliphatic imine (C=N–C) groups is 1. The Hall–Kier alpha value is -3.09. The molecule has 3 heterocycles. The van der Waals surface area contributed by atoms with E-state index in [1.165, 1.54) is 12.1 Å². The Labute approximate surface area is 157 Å². The van der Waals surface area contributed by atoms with Crippen LogP contribution in [0.25, 0.3) is 5.65 Å². The molecule has 3 aromatic rings. The molecule has 0 bridgehead atoms. The molecule has 0 atom stereocenters. The summed E-state index contributed by atoms with van der Waals surface area (Å²) in [6.07, 6.45) is 4.78. The van der Waals surface area contributed by atoms with Crippen molar-refractivity contribution in [2.45, 2.75) is 6.42 Å². The zero-order valence-electron chi connectivity index (χ0n) is 15.1. The molecule has 1 aromatic carbocycles. The number of imidazole rings is 1. The van der Waals surface area contributed by atoms with E-state index in [4.69, 9.17) is 5.73 Å². The second-order valence-electron chi connectivity index (χ2n) is 6.64. The molecule has 6 nitrogen and oxygen atoms in total. The molecule has 7 heteroatoms. The highest BCUT2D eigenvalue weighted by atomic mass is 19.1. The third-order valence-electron chi connectivity index (χ3n) is 4.85. The molecule has 0 radical (unpaired) electrons. The first-order chi connectivity index (χ1) is 13.2. The molecule has 4 rings (SSSR count). The van der Waals surface area contributed by atoms with Crippen LogP contribution in [-0.4, -0.2) is 53.0 Å². The molecule has 1 saturated heterocycles. The zero-order chi connectivity index (χ0) is 18.6. The SMILES string of the molecule is NC(=NCCc1cn2ccccc2n1)N1CCN(c2ccc(F)cc2)CC1. The van der Waals surface area contributed by atoms with Crippen molar-refractivity contribution >= 4 is 17.3 Å². The molecule has 2 N–H and O–H groups in total. The Balaban J connectivity index is 1.29. The van der Waals surface area contributed by atoms with Crippen molar-refractivity contribution < 1.29 is 4.39 Å². The number of nitrogens with two attached hydrogens (primary N) is 1. The number of benzene rings is 1. The maximum absolute atomic E-state index is 13.1. The minimum absolute atomic E-state index is 0.209. The minimum Gasteiger partial charge on any atom is -0.370 e. The van der Waals surface area contributed by atoms with Crippen molar-refractivity contribution in [3.05, 3.63) is 66.4 Å². The number of rotatable bonds is 4. The lowest BCUT2D eigenvalue weighted by atomic mass is 10.2. The summed E-state index contributed by atoms with van der Waals surface area (Å²) in [6, 6.07) is 12.6. The Bertz CT molecular complexity index is 892.